The Labute approximate surface area is 152 Å². The highest BCUT2D eigenvalue weighted by Crippen LogP contribution is 2.25. The van der Waals surface area contributed by atoms with Gasteiger partial charge in [0.25, 0.3) is 5.91 Å². The van der Waals surface area contributed by atoms with Crippen molar-refractivity contribution in [3.05, 3.63) is 54.0 Å². The fourth-order valence-electron chi connectivity index (χ4n) is 2.33. The first-order chi connectivity index (χ1) is 12.0. The Bertz CT molecular complexity index is 698. The van der Waals surface area contributed by atoms with Gasteiger partial charge in [0.2, 0.25) is 5.91 Å². The molecule has 0 spiro atoms. The third kappa shape index (κ3) is 5.67. The van der Waals surface area contributed by atoms with Crippen molar-refractivity contribution in [1.82, 2.24) is 10.2 Å². The number of carbonyl (C=O) groups is 2. The van der Waals surface area contributed by atoms with Crippen molar-refractivity contribution in [3.63, 3.8) is 0 Å². The standard InChI is InChI=1S/C19H24N2O3S/c1-4-21(12-17(22)20-14(2)3)19(23)18-15(10-11-24-18)13-25-16-8-6-5-7-9-16/h5-11,14H,4,12-13H2,1-3H3,(H,20,22). The number of likely N-dealkylation sites (N-methyl/N-ethyl adjacent to an activating group) is 1. The number of benzene rings is 1. The number of nitrogens with zero attached hydrogens (tertiary/aromatic N) is 1. The zero-order valence-corrected chi connectivity index (χ0v) is 15.6. The van der Waals surface area contributed by atoms with Crippen LogP contribution in [0.15, 0.2) is 52.0 Å². The number of thioether (sulfide) groups is 1. The third-order valence-electron chi connectivity index (χ3n) is 3.53. The number of furan rings is 1. The minimum Gasteiger partial charge on any atom is -0.459 e. The summed E-state index contributed by atoms with van der Waals surface area (Å²) in [4.78, 5) is 27.3. The lowest BCUT2D eigenvalue weighted by molar-refractivity contribution is -0.122. The van der Waals surface area contributed by atoms with E-state index in [4.69, 9.17) is 4.42 Å². The van der Waals surface area contributed by atoms with E-state index in [9.17, 15) is 9.59 Å². The summed E-state index contributed by atoms with van der Waals surface area (Å²) in [6.45, 7) is 6.10. The van der Waals surface area contributed by atoms with Crippen molar-refractivity contribution >= 4 is 23.6 Å². The maximum atomic E-state index is 12.7. The summed E-state index contributed by atoms with van der Waals surface area (Å²) in [5.74, 6) is 0.520. The van der Waals surface area contributed by atoms with Crippen molar-refractivity contribution in [2.45, 2.75) is 37.5 Å². The maximum absolute atomic E-state index is 12.7. The second-order valence-electron chi connectivity index (χ2n) is 5.92. The van der Waals surface area contributed by atoms with E-state index in [1.807, 2.05) is 57.2 Å². The fraction of sp³-hybridized carbons (Fsp3) is 0.368. The van der Waals surface area contributed by atoms with Gasteiger partial charge in [0, 0.05) is 28.8 Å². The predicted molar refractivity (Wildman–Crippen MR) is 99.6 cm³/mol. The Balaban J connectivity index is 2.03. The van der Waals surface area contributed by atoms with E-state index >= 15 is 0 Å². The minimum atomic E-state index is -0.255. The number of carbonyl (C=O) groups excluding carboxylic acids is 2. The van der Waals surface area contributed by atoms with Crippen molar-refractivity contribution in [2.24, 2.45) is 0 Å². The second-order valence-corrected chi connectivity index (χ2v) is 6.97. The van der Waals surface area contributed by atoms with Gasteiger partial charge in [0.1, 0.15) is 0 Å². The summed E-state index contributed by atoms with van der Waals surface area (Å²) < 4.78 is 5.42. The maximum Gasteiger partial charge on any atom is 0.290 e. The Morgan fingerprint density at radius 1 is 1.20 bits per heavy atom. The number of nitrogens with one attached hydrogen (secondary N) is 1. The van der Waals surface area contributed by atoms with Crippen molar-refractivity contribution in [3.8, 4) is 0 Å². The van der Waals surface area contributed by atoms with Gasteiger partial charge in [-0.25, -0.2) is 0 Å². The highest BCUT2D eigenvalue weighted by molar-refractivity contribution is 7.98. The molecule has 134 valence electrons. The molecular formula is C19H24N2O3S. The van der Waals surface area contributed by atoms with Crippen LogP contribution in [0.25, 0.3) is 0 Å². The summed E-state index contributed by atoms with van der Waals surface area (Å²) in [5.41, 5.74) is 0.835. The number of amides is 2. The predicted octanol–water partition coefficient (Wildman–Crippen LogP) is 3.56. The molecule has 0 fully saturated rings. The van der Waals surface area contributed by atoms with Crippen LogP contribution in [0.3, 0.4) is 0 Å². The van der Waals surface area contributed by atoms with Crippen LogP contribution >= 0.6 is 11.8 Å². The summed E-state index contributed by atoms with van der Waals surface area (Å²) in [6, 6.07) is 11.8. The topological polar surface area (TPSA) is 62.6 Å². The molecule has 0 saturated heterocycles. The Kier molecular flexibility index (Phi) is 7.13. The molecule has 2 aromatic rings. The van der Waals surface area contributed by atoms with Crippen LogP contribution in [0, 0.1) is 0 Å². The molecule has 1 heterocycles. The van der Waals surface area contributed by atoms with Gasteiger partial charge in [-0.15, -0.1) is 11.8 Å². The van der Waals surface area contributed by atoms with E-state index in [-0.39, 0.29) is 24.4 Å². The fourth-order valence-corrected chi connectivity index (χ4v) is 3.23. The van der Waals surface area contributed by atoms with Gasteiger partial charge in [-0.2, -0.15) is 0 Å². The molecule has 1 aromatic heterocycles. The van der Waals surface area contributed by atoms with E-state index in [1.54, 1.807) is 11.8 Å². The van der Waals surface area contributed by atoms with E-state index in [0.29, 0.717) is 18.1 Å². The van der Waals surface area contributed by atoms with Crippen LogP contribution in [0.1, 0.15) is 36.9 Å². The lowest BCUT2D eigenvalue weighted by Crippen LogP contribution is -2.42. The Morgan fingerprint density at radius 3 is 2.56 bits per heavy atom. The smallest absolute Gasteiger partial charge is 0.290 e. The Hall–Kier alpha value is -2.21. The highest BCUT2D eigenvalue weighted by Gasteiger charge is 2.23. The van der Waals surface area contributed by atoms with Crippen molar-refractivity contribution < 1.29 is 14.0 Å². The monoisotopic (exact) mass is 360 g/mol. The van der Waals surface area contributed by atoms with E-state index in [0.717, 1.165) is 10.5 Å². The molecule has 25 heavy (non-hydrogen) atoms. The molecule has 0 radical (unpaired) electrons. The second kappa shape index (κ2) is 9.32. The molecule has 2 rings (SSSR count). The lowest BCUT2D eigenvalue weighted by atomic mass is 10.2. The van der Waals surface area contributed by atoms with E-state index in [2.05, 4.69) is 5.32 Å². The van der Waals surface area contributed by atoms with Crippen LogP contribution in [0.4, 0.5) is 0 Å². The first kappa shape index (κ1) is 19.1. The summed E-state index contributed by atoms with van der Waals surface area (Å²) in [6.07, 6.45) is 1.52. The highest BCUT2D eigenvalue weighted by atomic mass is 32.2. The average molecular weight is 360 g/mol. The molecule has 0 saturated carbocycles. The molecule has 1 aromatic carbocycles. The summed E-state index contributed by atoms with van der Waals surface area (Å²) >= 11 is 1.64. The zero-order chi connectivity index (χ0) is 18.2. The summed E-state index contributed by atoms with van der Waals surface area (Å²) in [5, 5.41) is 2.80. The lowest BCUT2D eigenvalue weighted by Gasteiger charge is -2.20. The first-order valence-corrected chi connectivity index (χ1v) is 9.32. The first-order valence-electron chi connectivity index (χ1n) is 8.34. The average Bonchev–Trinajstić information content (AvgIpc) is 3.06. The Morgan fingerprint density at radius 2 is 1.92 bits per heavy atom. The van der Waals surface area contributed by atoms with Crippen LogP contribution in [0.2, 0.25) is 0 Å². The molecule has 0 atom stereocenters. The van der Waals surface area contributed by atoms with Crippen molar-refractivity contribution in [1.29, 1.82) is 0 Å². The van der Waals surface area contributed by atoms with Gasteiger partial charge in [0.15, 0.2) is 5.76 Å². The molecule has 6 heteroatoms. The van der Waals surface area contributed by atoms with E-state index in [1.165, 1.54) is 11.2 Å². The molecule has 1 N–H and O–H groups in total. The van der Waals surface area contributed by atoms with Crippen LogP contribution < -0.4 is 5.32 Å². The molecule has 0 aliphatic carbocycles. The molecular weight excluding hydrogens is 336 g/mol. The van der Waals surface area contributed by atoms with Gasteiger partial charge in [-0.3, -0.25) is 9.59 Å². The van der Waals surface area contributed by atoms with Crippen LogP contribution in [-0.4, -0.2) is 35.8 Å². The summed E-state index contributed by atoms with van der Waals surface area (Å²) in [7, 11) is 0. The minimum absolute atomic E-state index is 0.0273. The van der Waals surface area contributed by atoms with Crippen molar-refractivity contribution in [2.75, 3.05) is 13.1 Å². The largest absolute Gasteiger partial charge is 0.459 e. The van der Waals surface area contributed by atoms with Crippen LogP contribution in [-0.2, 0) is 10.5 Å². The van der Waals surface area contributed by atoms with Gasteiger partial charge in [-0.05, 0) is 39.0 Å². The van der Waals surface area contributed by atoms with Gasteiger partial charge < -0.3 is 14.6 Å². The number of hydrogen-bond acceptors (Lipinski definition) is 4. The quantitative estimate of drug-likeness (QED) is 0.731. The van der Waals surface area contributed by atoms with Crippen LogP contribution in [0.5, 0.6) is 0 Å². The zero-order valence-electron chi connectivity index (χ0n) is 14.8. The number of rotatable bonds is 8. The third-order valence-corrected chi connectivity index (χ3v) is 4.59. The molecule has 2 amide bonds. The van der Waals surface area contributed by atoms with E-state index < -0.39 is 0 Å². The molecule has 0 aliphatic rings. The van der Waals surface area contributed by atoms with Gasteiger partial charge >= 0.3 is 0 Å². The normalized spacial score (nSPS) is 10.7. The van der Waals surface area contributed by atoms with Gasteiger partial charge in [-0.1, -0.05) is 18.2 Å². The molecule has 0 bridgehead atoms. The van der Waals surface area contributed by atoms with Gasteiger partial charge in [0.05, 0.1) is 12.8 Å². The molecule has 0 aliphatic heterocycles. The molecule has 5 nitrogen and oxygen atoms in total. The number of hydrogen-bond donors (Lipinski definition) is 1. The molecule has 0 unspecified atom stereocenters. The SMILES string of the molecule is CCN(CC(=O)NC(C)C)C(=O)c1occc1CSc1ccccc1.